The maximum atomic E-state index is 13.9. The number of nitrogens with one attached hydrogen (secondary N) is 1. The number of aromatic carboxylic acids is 1. The molecule has 0 radical (unpaired) electrons. The Kier molecular flexibility index (Phi) is 5.31. The number of carboxylic acid groups (broad SMARTS) is 1. The first-order valence-corrected chi connectivity index (χ1v) is 9.42. The third kappa shape index (κ3) is 4.06. The van der Waals surface area contributed by atoms with Gasteiger partial charge in [-0.2, -0.15) is 0 Å². The summed E-state index contributed by atoms with van der Waals surface area (Å²) >= 11 is 5.88. The molecule has 31 heavy (non-hydrogen) atoms. The number of carboxylic acids is 1. The molecule has 0 atom stereocenters. The van der Waals surface area contributed by atoms with E-state index in [4.69, 9.17) is 16.0 Å². The largest absolute Gasteiger partial charge is 0.478 e. The summed E-state index contributed by atoms with van der Waals surface area (Å²) < 4.78 is 19.5. The van der Waals surface area contributed by atoms with Gasteiger partial charge in [0.05, 0.1) is 17.1 Å². The fourth-order valence-electron chi connectivity index (χ4n) is 3.08. The first-order chi connectivity index (χ1) is 14.8. The Bertz CT molecular complexity index is 1250. The zero-order chi connectivity index (χ0) is 22.1. The van der Waals surface area contributed by atoms with Gasteiger partial charge in [-0.15, -0.1) is 0 Å². The van der Waals surface area contributed by atoms with Crippen molar-refractivity contribution in [3.8, 4) is 11.3 Å². The van der Waals surface area contributed by atoms with Gasteiger partial charge in [-0.25, -0.2) is 14.0 Å². The lowest BCUT2D eigenvalue weighted by Gasteiger charge is -2.12. The number of hydrogen-bond donors (Lipinski definition) is 2. The normalized spacial score (nSPS) is 14.9. The van der Waals surface area contributed by atoms with Gasteiger partial charge in [0.1, 0.15) is 23.0 Å². The molecule has 2 N–H and O–H groups in total. The highest BCUT2D eigenvalue weighted by Gasteiger charge is 2.34. The molecule has 0 bridgehead atoms. The molecule has 9 heteroatoms. The van der Waals surface area contributed by atoms with Gasteiger partial charge in [-0.3, -0.25) is 9.69 Å². The van der Waals surface area contributed by atoms with Gasteiger partial charge in [-0.05, 0) is 36.4 Å². The number of hydrogen-bond acceptors (Lipinski definition) is 4. The van der Waals surface area contributed by atoms with E-state index in [0.29, 0.717) is 11.3 Å². The predicted molar refractivity (Wildman–Crippen MR) is 110 cm³/mol. The topological polar surface area (TPSA) is 99.9 Å². The molecule has 156 valence electrons. The van der Waals surface area contributed by atoms with Crippen LogP contribution in [-0.4, -0.2) is 27.9 Å². The minimum Gasteiger partial charge on any atom is -0.478 e. The minimum atomic E-state index is -1.17. The summed E-state index contributed by atoms with van der Waals surface area (Å²) in [5, 5.41) is 11.7. The molecule has 1 aromatic heterocycles. The molecule has 3 amide bonds. The van der Waals surface area contributed by atoms with Crippen molar-refractivity contribution in [1.82, 2.24) is 10.2 Å². The monoisotopic (exact) mass is 440 g/mol. The van der Waals surface area contributed by atoms with Gasteiger partial charge in [0, 0.05) is 17.2 Å². The van der Waals surface area contributed by atoms with Crippen molar-refractivity contribution >= 4 is 35.6 Å². The van der Waals surface area contributed by atoms with Crippen molar-refractivity contribution in [2.75, 3.05) is 0 Å². The Morgan fingerprint density at radius 1 is 1.16 bits per heavy atom. The van der Waals surface area contributed by atoms with E-state index >= 15 is 0 Å². The van der Waals surface area contributed by atoms with Crippen molar-refractivity contribution in [2.24, 2.45) is 0 Å². The first kappa shape index (κ1) is 20.4. The van der Waals surface area contributed by atoms with Gasteiger partial charge in [0.2, 0.25) is 0 Å². The molecule has 1 aliphatic heterocycles. The van der Waals surface area contributed by atoms with Crippen LogP contribution in [0.4, 0.5) is 9.18 Å². The van der Waals surface area contributed by atoms with Crippen LogP contribution in [0.5, 0.6) is 0 Å². The Morgan fingerprint density at radius 3 is 2.68 bits per heavy atom. The van der Waals surface area contributed by atoms with Crippen LogP contribution in [-0.2, 0) is 11.3 Å². The molecule has 1 fully saturated rings. The molecule has 0 unspecified atom stereocenters. The summed E-state index contributed by atoms with van der Waals surface area (Å²) in [5.41, 5.74) is 0.598. The van der Waals surface area contributed by atoms with Crippen LogP contribution in [0.25, 0.3) is 17.4 Å². The van der Waals surface area contributed by atoms with Gasteiger partial charge in [0.15, 0.2) is 0 Å². The van der Waals surface area contributed by atoms with E-state index in [2.05, 4.69) is 5.32 Å². The van der Waals surface area contributed by atoms with E-state index < -0.39 is 23.7 Å². The fourth-order valence-corrected chi connectivity index (χ4v) is 3.28. The predicted octanol–water partition coefficient (Wildman–Crippen LogP) is 4.53. The molecule has 4 rings (SSSR count). The van der Waals surface area contributed by atoms with Crippen LogP contribution in [0.3, 0.4) is 0 Å². The number of amides is 3. The SMILES string of the molecule is O=C(O)c1cc(-c2ccc(/C=C3\NC(=O)N(Cc4ccccc4F)C3=O)o2)ccc1Cl. The second-order valence-electron chi connectivity index (χ2n) is 6.67. The number of carbonyl (C=O) groups is 3. The zero-order valence-electron chi connectivity index (χ0n) is 15.8. The van der Waals surface area contributed by atoms with Crippen LogP contribution >= 0.6 is 11.6 Å². The van der Waals surface area contributed by atoms with Crippen LogP contribution in [0, 0.1) is 5.82 Å². The Balaban J connectivity index is 1.56. The Labute approximate surface area is 180 Å². The second kappa shape index (κ2) is 8.08. The molecule has 1 aliphatic rings. The van der Waals surface area contributed by atoms with Crippen molar-refractivity contribution in [3.05, 3.63) is 88.0 Å². The standard InChI is InChI=1S/C22H14ClFN2O5/c23-16-7-5-12(9-15(16)21(28)29)19-8-6-14(31-19)10-18-20(27)26(22(30)25-18)11-13-3-1-2-4-17(13)24/h1-10H,11H2,(H,25,30)(H,28,29)/b18-10-. The molecule has 2 aromatic carbocycles. The van der Waals surface area contributed by atoms with Crippen LogP contribution in [0.2, 0.25) is 5.02 Å². The van der Waals surface area contributed by atoms with Gasteiger partial charge < -0.3 is 14.8 Å². The van der Waals surface area contributed by atoms with Crippen molar-refractivity contribution < 1.29 is 28.3 Å². The van der Waals surface area contributed by atoms with Crippen LogP contribution in [0.1, 0.15) is 21.7 Å². The molecule has 2 heterocycles. The number of halogens is 2. The first-order valence-electron chi connectivity index (χ1n) is 9.04. The molecule has 0 spiro atoms. The number of carbonyl (C=O) groups excluding carboxylic acids is 2. The number of imide groups is 1. The summed E-state index contributed by atoms with van der Waals surface area (Å²) in [6.07, 6.45) is 1.35. The molecule has 7 nitrogen and oxygen atoms in total. The fraction of sp³-hybridized carbons (Fsp3) is 0.0455. The molecule has 0 saturated carbocycles. The Hall–Kier alpha value is -3.91. The van der Waals surface area contributed by atoms with Crippen LogP contribution < -0.4 is 5.32 Å². The second-order valence-corrected chi connectivity index (χ2v) is 7.08. The average Bonchev–Trinajstić information content (AvgIpc) is 3.30. The summed E-state index contributed by atoms with van der Waals surface area (Å²) in [6, 6.07) is 12.8. The molecule has 3 aromatic rings. The molecular weight excluding hydrogens is 427 g/mol. The molecular formula is C22H14ClFN2O5. The lowest BCUT2D eigenvalue weighted by Crippen LogP contribution is -2.30. The summed E-state index contributed by atoms with van der Waals surface area (Å²) in [7, 11) is 0. The van der Waals surface area contributed by atoms with E-state index in [1.165, 1.54) is 36.4 Å². The van der Waals surface area contributed by atoms with Crippen molar-refractivity contribution in [1.29, 1.82) is 0 Å². The quantitative estimate of drug-likeness (QED) is 0.448. The summed E-state index contributed by atoms with van der Waals surface area (Å²) in [6.45, 7) is -0.208. The molecule has 0 aliphatic carbocycles. The zero-order valence-corrected chi connectivity index (χ0v) is 16.5. The third-order valence-electron chi connectivity index (χ3n) is 4.64. The van der Waals surface area contributed by atoms with Crippen LogP contribution in [0.15, 0.2) is 64.7 Å². The average molecular weight is 441 g/mol. The number of urea groups is 1. The maximum Gasteiger partial charge on any atom is 0.337 e. The van der Waals surface area contributed by atoms with E-state index in [9.17, 15) is 23.9 Å². The number of nitrogens with zero attached hydrogens (tertiary/aromatic N) is 1. The lowest BCUT2D eigenvalue weighted by molar-refractivity contribution is -0.123. The smallest absolute Gasteiger partial charge is 0.337 e. The Morgan fingerprint density at radius 2 is 1.94 bits per heavy atom. The highest BCUT2D eigenvalue weighted by atomic mass is 35.5. The summed E-state index contributed by atoms with van der Waals surface area (Å²) in [4.78, 5) is 36.9. The lowest BCUT2D eigenvalue weighted by atomic mass is 10.1. The summed E-state index contributed by atoms with van der Waals surface area (Å²) in [5.74, 6) is -1.69. The van der Waals surface area contributed by atoms with Gasteiger partial charge in [-0.1, -0.05) is 29.8 Å². The highest BCUT2D eigenvalue weighted by Crippen LogP contribution is 2.28. The number of furan rings is 1. The maximum absolute atomic E-state index is 13.9. The van der Waals surface area contributed by atoms with E-state index in [1.54, 1.807) is 24.3 Å². The van der Waals surface area contributed by atoms with E-state index in [0.717, 1.165) is 4.90 Å². The highest BCUT2D eigenvalue weighted by molar-refractivity contribution is 6.33. The minimum absolute atomic E-state index is 0.0235. The van der Waals surface area contributed by atoms with Crippen molar-refractivity contribution in [3.63, 3.8) is 0 Å². The third-order valence-corrected chi connectivity index (χ3v) is 4.97. The van der Waals surface area contributed by atoms with E-state index in [1.807, 2.05) is 0 Å². The van der Waals surface area contributed by atoms with Crippen molar-refractivity contribution in [2.45, 2.75) is 6.54 Å². The number of benzene rings is 2. The number of rotatable bonds is 5. The molecule has 1 saturated heterocycles. The van der Waals surface area contributed by atoms with Gasteiger partial charge >= 0.3 is 12.0 Å². The van der Waals surface area contributed by atoms with Gasteiger partial charge in [0.25, 0.3) is 5.91 Å². The van der Waals surface area contributed by atoms with E-state index in [-0.39, 0.29) is 34.2 Å².